The van der Waals surface area contributed by atoms with Gasteiger partial charge in [-0.15, -0.1) is 0 Å². The number of anilines is 3. The fraction of sp³-hybridized carbons (Fsp3) is 0.0294. The van der Waals surface area contributed by atoms with Crippen molar-refractivity contribution in [2.45, 2.75) is 10.8 Å². The van der Waals surface area contributed by atoms with Gasteiger partial charge in [0.15, 0.2) is 0 Å². The highest BCUT2D eigenvalue weighted by Crippen LogP contribution is 2.61. The highest BCUT2D eigenvalue weighted by Gasteiger charge is 2.49. The Kier molecular flexibility index (Phi) is 9.70. The minimum absolute atomic E-state index is 0.557. The molecule has 11 aromatic carbocycles. The maximum atomic E-state index is 2.56. The van der Waals surface area contributed by atoms with Crippen LogP contribution in [-0.2, 0) is 10.8 Å². The molecule has 0 aromatic heterocycles. The number of hydrogen-bond donors (Lipinski definition) is 0. The van der Waals surface area contributed by atoms with Crippen molar-refractivity contribution < 1.29 is 0 Å². The van der Waals surface area contributed by atoms with E-state index in [0.717, 1.165) is 28.2 Å². The van der Waals surface area contributed by atoms with Crippen molar-refractivity contribution in [3.8, 4) is 44.5 Å². The van der Waals surface area contributed by atoms with Gasteiger partial charge >= 0.3 is 0 Å². The van der Waals surface area contributed by atoms with Crippen LogP contribution >= 0.6 is 0 Å². The van der Waals surface area contributed by atoms with Crippen LogP contribution in [0.25, 0.3) is 44.5 Å². The van der Waals surface area contributed by atoms with Gasteiger partial charge in [0.2, 0.25) is 0 Å². The first-order valence-electron chi connectivity index (χ1n) is 24.0. The van der Waals surface area contributed by atoms with E-state index in [9.17, 15) is 0 Å². The van der Waals surface area contributed by atoms with Gasteiger partial charge in [0.1, 0.15) is 0 Å². The van der Waals surface area contributed by atoms with Crippen molar-refractivity contribution in [2.24, 2.45) is 0 Å². The van der Waals surface area contributed by atoms with E-state index in [0.29, 0.717) is 0 Å². The molecule has 2 aliphatic rings. The van der Waals surface area contributed by atoms with Crippen molar-refractivity contribution in [3.63, 3.8) is 0 Å². The second-order valence-electron chi connectivity index (χ2n) is 18.3. The topological polar surface area (TPSA) is 3.24 Å². The van der Waals surface area contributed by atoms with E-state index in [-0.39, 0.29) is 0 Å². The maximum absolute atomic E-state index is 2.56. The quantitative estimate of drug-likeness (QED) is 0.140. The number of para-hydroxylation sites is 1. The van der Waals surface area contributed by atoms with Crippen molar-refractivity contribution in [2.75, 3.05) is 4.90 Å². The molecule has 0 amide bonds. The van der Waals surface area contributed by atoms with Crippen molar-refractivity contribution in [3.05, 3.63) is 330 Å². The average Bonchev–Trinajstić information content (AvgIpc) is 3.91. The molecule has 0 aliphatic heterocycles. The van der Waals surface area contributed by atoms with Crippen LogP contribution in [0.3, 0.4) is 0 Å². The summed E-state index contributed by atoms with van der Waals surface area (Å²) in [6.07, 6.45) is 0. The molecule has 0 spiro atoms. The third kappa shape index (κ3) is 6.17. The lowest BCUT2D eigenvalue weighted by molar-refractivity contribution is 0.768. The Bertz CT molecular complexity index is 3560. The summed E-state index contributed by atoms with van der Waals surface area (Å²) in [5.41, 5.74) is 22.0. The number of nitrogens with zero attached hydrogens (tertiary/aromatic N) is 1. The second-order valence-corrected chi connectivity index (χ2v) is 18.3. The molecule has 2 aliphatic carbocycles. The monoisotopic (exact) mass is 877 g/mol. The van der Waals surface area contributed by atoms with E-state index in [1.54, 1.807) is 0 Å². The predicted octanol–water partition coefficient (Wildman–Crippen LogP) is 17.2. The summed E-state index contributed by atoms with van der Waals surface area (Å²) in [5, 5.41) is 0. The Balaban J connectivity index is 1.12. The van der Waals surface area contributed by atoms with Crippen LogP contribution in [0, 0.1) is 0 Å². The van der Waals surface area contributed by atoms with E-state index in [2.05, 4.69) is 290 Å². The summed E-state index contributed by atoms with van der Waals surface area (Å²) >= 11 is 0. The van der Waals surface area contributed by atoms with E-state index < -0.39 is 10.8 Å². The molecule has 1 nitrogen and oxygen atoms in total. The molecule has 69 heavy (non-hydrogen) atoms. The van der Waals surface area contributed by atoms with Crippen LogP contribution in [0.5, 0.6) is 0 Å². The molecular weight excluding hydrogens is 831 g/mol. The number of rotatable bonds is 9. The summed E-state index contributed by atoms with van der Waals surface area (Å²) in [7, 11) is 0. The Morgan fingerprint density at radius 1 is 0.232 bits per heavy atom. The standard InChI is InChI=1S/C68H47N/c1-6-23-48(24-7-1)49-41-43-50(44-42-49)56-33-18-21-39-64(56)69(55-45-46-58-57-34-16-19-36-60(57)68(63(58)47-55,53-29-12-4-13-30-53)54-31-14-5-15-32-54)65-40-22-38-62-66(65)59-35-17-20-37-61(59)67(62,51-25-8-2-9-26-51)52-27-10-3-11-28-52/h1-47H. The Labute approximate surface area is 404 Å². The van der Waals surface area contributed by atoms with Gasteiger partial charge < -0.3 is 4.90 Å². The smallest absolute Gasteiger partial charge is 0.0714 e. The fourth-order valence-electron chi connectivity index (χ4n) is 12.0. The number of hydrogen-bond acceptors (Lipinski definition) is 1. The third-order valence-electron chi connectivity index (χ3n) is 14.8. The predicted molar refractivity (Wildman–Crippen MR) is 287 cm³/mol. The van der Waals surface area contributed by atoms with Crippen LogP contribution < -0.4 is 4.90 Å². The fourth-order valence-corrected chi connectivity index (χ4v) is 12.0. The molecule has 1 heteroatoms. The van der Waals surface area contributed by atoms with Gasteiger partial charge in [0, 0.05) is 16.8 Å². The summed E-state index contributed by atoms with van der Waals surface area (Å²) in [6.45, 7) is 0. The lowest BCUT2D eigenvalue weighted by atomic mass is 9.67. The molecule has 0 radical (unpaired) electrons. The zero-order chi connectivity index (χ0) is 45.8. The van der Waals surface area contributed by atoms with Crippen LogP contribution in [0.2, 0.25) is 0 Å². The summed E-state index contributed by atoms with van der Waals surface area (Å²) < 4.78 is 0. The number of fused-ring (bicyclic) bond motifs is 6. The molecule has 11 aromatic rings. The lowest BCUT2D eigenvalue weighted by Gasteiger charge is -2.36. The van der Waals surface area contributed by atoms with Gasteiger partial charge in [-0.3, -0.25) is 0 Å². The van der Waals surface area contributed by atoms with Gasteiger partial charge in [-0.2, -0.15) is 0 Å². The highest BCUT2D eigenvalue weighted by atomic mass is 15.1. The second kappa shape index (κ2) is 16.5. The first-order valence-corrected chi connectivity index (χ1v) is 24.0. The summed E-state index contributed by atoms with van der Waals surface area (Å²) in [6, 6.07) is 106. The lowest BCUT2D eigenvalue weighted by Crippen LogP contribution is -2.29. The molecule has 13 rings (SSSR count). The molecule has 0 unspecified atom stereocenters. The van der Waals surface area contributed by atoms with E-state index >= 15 is 0 Å². The number of benzene rings is 11. The van der Waals surface area contributed by atoms with E-state index in [1.165, 1.54) is 77.9 Å². The van der Waals surface area contributed by atoms with Crippen molar-refractivity contribution in [1.29, 1.82) is 0 Å². The Hall–Kier alpha value is -8.78. The van der Waals surface area contributed by atoms with Gasteiger partial charge in [-0.05, 0) is 102 Å². The molecule has 0 atom stereocenters. The molecule has 0 bridgehead atoms. The van der Waals surface area contributed by atoms with Gasteiger partial charge in [-0.1, -0.05) is 261 Å². The molecule has 0 N–H and O–H groups in total. The SMILES string of the molecule is c1ccc(-c2ccc(-c3ccccc3N(c3ccc4c(c3)C(c3ccccc3)(c3ccccc3)c3ccccc3-4)c3cccc4c3-c3ccccc3C4(c3ccccc3)c3ccccc3)cc2)cc1. The summed E-state index contributed by atoms with van der Waals surface area (Å²) in [4.78, 5) is 2.56. The molecule has 0 fully saturated rings. The van der Waals surface area contributed by atoms with E-state index in [4.69, 9.17) is 0 Å². The minimum Gasteiger partial charge on any atom is -0.309 e. The highest BCUT2D eigenvalue weighted by molar-refractivity contribution is 6.00. The third-order valence-corrected chi connectivity index (χ3v) is 14.8. The maximum Gasteiger partial charge on any atom is 0.0714 e. The largest absolute Gasteiger partial charge is 0.309 e. The zero-order valence-corrected chi connectivity index (χ0v) is 38.1. The van der Waals surface area contributed by atoms with Crippen molar-refractivity contribution in [1.82, 2.24) is 0 Å². The Morgan fingerprint density at radius 3 is 1.20 bits per heavy atom. The van der Waals surface area contributed by atoms with Gasteiger partial charge in [0.25, 0.3) is 0 Å². The molecule has 0 heterocycles. The molecule has 0 saturated carbocycles. The first-order chi connectivity index (χ1) is 34.3. The van der Waals surface area contributed by atoms with Crippen LogP contribution in [0.4, 0.5) is 17.1 Å². The summed E-state index contributed by atoms with van der Waals surface area (Å²) in [5.74, 6) is 0. The van der Waals surface area contributed by atoms with Crippen molar-refractivity contribution >= 4 is 17.1 Å². The van der Waals surface area contributed by atoms with Crippen LogP contribution in [0.1, 0.15) is 44.5 Å². The molecular formula is C68H47N. The van der Waals surface area contributed by atoms with E-state index in [1.807, 2.05) is 0 Å². The minimum atomic E-state index is -0.566. The zero-order valence-electron chi connectivity index (χ0n) is 38.1. The van der Waals surface area contributed by atoms with Crippen LogP contribution in [0.15, 0.2) is 285 Å². The average molecular weight is 878 g/mol. The Morgan fingerprint density at radius 2 is 0.623 bits per heavy atom. The molecule has 0 saturated heterocycles. The van der Waals surface area contributed by atoms with Crippen LogP contribution in [-0.4, -0.2) is 0 Å². The van der Waals surface area contributed by atoms with Gasteiger partial charge in [0.05, 0.1) is 22.2 Å². The van der Waals surface area contributed by atoms with Gasteiger partial charge in [-0.25, -0.2) is 0 Å². The first kappa shape index (κ1) is 40.5. The normalized spacial score (nSPS) is 13.4. The molecule has 324 valence electrons.